The number of piperidine rings is 1. The Balaban J connectivity index is 1.50. The summed E-state index contributed by atoms with van der Waals surface area (Å²) in [5.41, 5.74) is 1.26. The molecule has 2 aliphatic rings. The number of benzene rings is 1. The lowest BCUT2D eigenvalue weighted by molar-refractivity contribution is -0.126. The Kier molecular flexibility index (Phi) is 6.86. The largest absolute Gasteiger partial charge is 0.374 e. The highest BCUT2D eigenvalue weighted by Gasteiger charge is 2.34. The maximum Gasteiger partial charge on any atom is 0.238 e. The molecule has 0 spiro atoms. The molecule has 2 saturated heterocycles. The molecule has 7 nitrogen and oxygen atoms in total. The number of nitrogens with one attached hydrogen (secondary N) is 1. The average molecular weight is 396 g/mol. The number of carbonyl (C=O) groups is 1. The molecule has 27 heavy (non-hydrogen) atoms. The van der Waals surface area contributed by atoms with E-state index in [1.165, 1.54) is 16.1 Å². The van der Waals surface area contributed by atoms with Crippen LogP contribution >= 0.6 is 0 Å². The molecule has 0 saturated carbocycles. The molecule has 0 bridgehead atoms. The van der Waals surface area contributed by atoms with Crippen molar-refractivity contribution in [3.05, 3.63) is 35.9 Å². The summed E-state index contributed by atoms with van der Waals surface area (Å²) in [4.78, 5) is 14.9. The predicted molar refractivity (Wildman–Crippen MR) is 104 cm³/mol. The van der Waals surface area contributed by atoms with Crippen LogP contribution in [0.4, 0.5) is 0 Å². The minimum absolute atomic E-state index is 0.0818. The molecule has 0 aromatic heterocycles. The van der Waals surface area contributed by atoms with Gasteiger partial charge >= 0.3 is 0 Å². The van der Waals surface area contributed by atoms with E-state index in [1.54, 1.807) is 0 Å². The van der Waals surface area contributed by atoms with Gasteiger partial charge in [-0.2, -0.15) is 4.31 Å². The molecule has 2 aliphatic heterocycles. The summed E-state index contributed by atoms with van der Waals surface area (Å²) in [5, 5.41) is 2.91. The highest BCUT2D eigenvalue weighted by Crippen LogP contribution is 2.20. The van der Waals surface area contributed by atoms with E-state index in [4.69, 9.17) is 4.74 Å². The molecule has 150 valence electrons. The lowest BCUT2D eigenvalue weighted by Crippen LogP contribution is -2.54. The van der Waals surface area contributed by atoms with Crippen LogP contribution in [0, 0.1) is 0 Å². The number of ether oxygens (including phenoxy) is 1. The molecular weight excluding hydrogens is 366 g/mol. The summed E-state index contributed by atoms with van der Waals surface area (Å²) >= 11 is 0. The van der Waals surface area contributed by atoms with Crippen LogP contribution in [-0.2, 0) is 26.1 Å². The molecule has 0 aliphatic carbocycles. The van der Waals surface area contributed by atoms with Crippen LogP contribution in [0.5, 0.6) is 0 Å². The van der Waals surface area contributed by atoms with Crippen molar-refractivity contribution in [1.82, 2.24) is 14.5 Å². The third-order valence-corrected chi connectivity index (χ3v) is 6.45. The number of sulfonamides is 1. The van der Waals surface area contributed by atoms with Crippen LogP contribution in [-0.4, -0.2) is 74.7 Å². The first-order chi connectivity index (χ1) is 12.9. The molecule has 2 heterocycles. The molecule has 8 heteroatoms. The first-order valence-electron chi connectivity index (χ1n) is 9.56. The second-order valence-corrected chi connectivity index (χ2v) is 9.28. The zero-order chi connectivity index (χ0) is 19.3. The number of carbonyl (C=O) groups excluding carboxylic acids is 1. The van der Waals surface area contributed by atoms with E-state index in [0.717, 1.165) is 32.5 Å². The zero-order valence-corrected chi connectivity index (χ0v) is 16.7. The van der Waals surface area contributed by atoms with Crippen molar-refractivity contribution in [1.29, 1.82) is 0 Å². The molecule has 2 atom stereocenters. The Morgan fingerprint density at radius 3 is 2.74 bits per heavy atom. The maximum atomic E-state index is 12.6. The summed E-state index contributed by atoms with van der Waals surface area (Å²) < 4.78 is 31.0. The van der Waals surface area contributed by atoms with Gasteiger partial charge in [0, 0.05) is 32.7 Å². The fraction of sp³-hybridized carbons (Fsp3) is 0.632. The van der Waals surface area contributed by atoms with Crippen molar-refractivity contribution in [2.24, 2.45) is 0 Å². The minimum atomic E-state index is -3.37. The van der Waals surface area contributed by atoms with E-state index in [-0.39, 0.29) is 12.0 Å². The summed E-state index contributed by atoms with van der Waals surface area (Å²) in [6.45, 7) is 3.92. The quantitative estimate of drug-likeness (QED) is 0.771. The molecule has 2 fully saturated rings. The Bertz CT molecular complexity index is 726. The second-order valence-electron chi connectivity index (χ2n) is 7.34. The normalized spacial score (nSPS) is 25.2. The molecule has 1 N–H and O–H groups in total. The average Bonchev–Trinajstić information content (AvgIpc) is 2.66. The number of amides is 1. The highest BCUT2D eigenvalue weighted by molar-refractivity contribution is 7.88. The molecule has 1 aromatic rings. The van der Waals surface area contributed by atoms with E-state index in [0.29, 0.717) is 26.1 Å². The van der Waals surface area contributed by atoms with Crippen LogP contribution in [0.25, 0.3) is 0 Å². The van der Waals surface area contributed by atoms with Crippen LogP contribution in [0.2, 0.25) is 0 Å². The summed E-state index contributed by atoms with van der Waals surface area (Å²) in [6, 6.07) is 9.69. The maximum absolute atomic E-state index is 12.6. The summed E-state index contributed by atoms with van der Waals surface area (Å²) in [5.74, 6) is -0.219. The SMILES string of the molecule is CS(=O)(=O)N1CCCC[C@@H]1C(=O)NC[C@@H]1CN(Cc2ccccc2)CCO1. The molecular formula is C19H29N3O4S. The van der Waals surface area contributed by atoms with Gasteiger partial charge in [0.25, 0.3) is 0 Å². The third-order valence-electron chi connectivity index (χ3n) is 5.16. The number of morpholine rings is 1. The van der Waals surface area contributed by atoms with Crippen molar-refractivity contribution in [3.8, 4) is 0 Å². The number of hydrogen-bond donors (Lipinski definition) is 1. The number of rotatable bonds is 6. The fourth-order valence-corrected chi connectivity index (χ4v) is 4.91. The monoisotopic (exact) mass is 395 g/mol. The Labute approximate surface area is 161 Å². The lowest BCUT2D eigenvalue weighted by Gasteiger charge is -2.35. The molecule has 3 rings (SSSR count). The zero-order valence-electron chi connectivity index (χ0n) is 15.8. The van der Waals surface area contributed by atoms with E-state index >= 15 is 0 Å². The van der Waals surface area contributed by atoms with Gasteiger partial charge in [-0.15, -0.1) is 0 Å². The molecule has 1 aromatic carbocycles. The number of nitrogens with zero attached hydrogens (tertiary/aromatic N) is 2. The van der Waals surface area contributed by atoms with Crippen LogP contribution in [0.15, 0.2) is 30.3 Å². The summed E-state index contributed by atoms with van der Waals surface area (Å²) in [7, 11) is -3.37. The molecule has 0 radical (unpaired) electrons. The van der Waals surface area contributed by atoms with Crippen molar-refractivity contribution in [2.75, 3.05) is 39.0 Å². The molecule has 0 unspecified atom stereocenters. The van der Waals surface area contributed by atoms with Crippen molar-refractivity contribution < 1.29 is 17.9 Å². The van der Waals surface area contributed by atoms with Gasteiger partial charge in [0.05, 0.1) is 19.0 Å². The van der Waals surface area contributed by atoms with Crippen molar-refractivity contribution >= 4 is 15.9 Å². The van der Waals surface area contributed by atoms with Gasteiger partial charge in [-0.1, -0.05) is 36.8 Å². The van der Waals surface area contributed by atoms with Gasteiger partial charge in [-0.3, -0.25) is 9.69 Å². The third kappa shape index (κ3) is 5.75. The topological polar surface area (TPSA) is 79.0 Å². The minimum Gasteiger partial charge on any atom is -0.374 e. The van der Waals surface area contributed by atoms with Crippen molar-refractivity contribution in [2.45, 2.75) is 38.0 Å². The second kappa shape index (κ2) is 9.14. The Morgan fingerprint density at radius 1 is 1.22 bits per heavy atom. The predicted octanol–water partition coefficient (Wildman–Crippen LogP) is 0.818. The van der Waals surface area contributed by atoms with Crippen LogP contribution in [0.1, 0.15) is 24.8 Å². The Morgan fingerprint density at radius 2 is 2.00 bits per heavy atom. The van der Waals surface area contributed by atoms with E-state index in [1.807, 2.05) is 18.2 Å². The van der Waals surface area contributed by atoms with Crippen LogP contribution < -0.4 is 5.32 Å². The standard InChI is InChI=1S/C19H29N3O4S/c1-27(24,25)22-10-6-5-9-18(22)19(23)20-13-17-15-21(11-12-26-17)14-16-7-3-2-4-8-16/h2-4,7-8,17-18H,5-6,9-15H2,1H3,(H,20,23)/t17-,18-/m1/s1. The first kappa shape index (κ1) is 20.3. The first-order valence-corrected chi connectivity index (χ1v) is 11.4. The Hall–Kier alpha value is -1.48. The van der Waals surface area contributed by atoms with E-state index < -0.39 is 16.1 Å². The molecule has 1 amide bonds. The number of hydrogen-bond acceptors (Lipinski definition) is 5. The van der Waals surface area contributed by atoms with Gasteiger partial charge in [0.15, 0.2) is 0 Å². The van der Waals surface area contributed by atoms with Crippen LogP contribution in [0.3, 0.4) is 0 Å². The fourth-order valence-electron chi connectivity index (χ4n) is 3.79. The lowest BCUT2D eigenvalue weighted by atomic mass is 10.0. The van der Waals surface area contributed by atoms with E-state index in [2.05, 4.69) is 22.3 Å². The smallest absolute Gasteiger partial charge is 0.238 e. The van der Waals surface area contributed by atoms with Gasteiger partial charge in [0.1, 0.15) is 6.04 Å². The highest BCUT2D eigenvalue weighted by atomic mass is 32.2. The van der Waals surface area contributed by atoms with Crippen molar-refractivity contribution in [3.63, 3.8) is 0 Å². The van der Waals surface area contributed by atoms with Gasteiger partial charge in [-0.25, -0.2) is 8.42 Å². The van der Waals surface area contributed by atoms with Gasteiger partial charge in [-0.05, 0) is 18.4 Å². The van der Waals surface area contributed by atoms with E-state index in [9.17, 15) is 13.2 Å². The van der Waals surface area contributed by atoms with Gasteiger partial charge < -0.3 is 10.1 Å². The summed E-state index contributed by atoms with van der Waals surface area (Å²) in [6.07, 6.45) is 3.34. The van der Waals surface area contributed by atoms with Gasteiger partial charge in [0.2, 0.25) is 15.9 Å².